The lowest BCUT2D eigenvalue weighted by Gasteiger charge is -2.20. The van der Waals surface area contributed by atoms with Gasteiger partial charge in [-0.05, 0) is 26.2 Å². The van der Waals surface area contributed by atoms with E-state index in [1.807, 2.05) is 6.92 Å². The van der Waals surface area contributed by atoms with E-state index in [1.54, 1.807) is 0 Å². The topological polar surface area (TPSA) is 78.4 Å². The summed E-state index contributed by atoms with van der Waals surface area (Å²) in [6.07, 6.45) is 8.03. The van der Waals surface area contributed by atoms with Crippen LogP contribution in [0.5, 0.6) is 0 Å². The predicted octanol–water partition coefficient (Wildman–Crippen LogP) is 2.90. The largest absolute Gasteiger partial charge is 0.481 e. The van der Waals surface area contributed by atoms with Crippen LogP contribution in [0.15, 0.2) is 0 Å². The zero-order chi connectivity index (χ0) is 15.0. The van der Waals surface area contributed by atoms with Crippen LogP contribution in [0, 0.1) is 5.92 Å². The van der Waals surface area contributed by atoms with E-state index < -0.39 is 11.9 Å². The van der Waals surface area contributed by atoms with Gasteiger partial charge in [0.2, 0.25) is 0 Å². The second kappa shape index (κ2) is 8.82. The minimum absolute atomic E-state index is 0.136. The van der Waals surface area contributed by atoms with Crippen molar-refractivity contribution >= 4 is 12.0 Å². The molecule has 1 saturated carbocycles. The van der Waals surface area contributed by atoms with Crippen molar-refractivity contribution in [1.82, 2.24) is 10.6 Å². The highest BCUT2D eigenvalue weighted by Gasteiger charge is 2.33. The molecule has 20 heavy (non-hydrogen) atoms. The van der Waals surface area contributed by atoms with Crippen LogP contribution in [0.25, 0.3) is 0 Å². The quantitative estimate of drug-likeness (QED) is 0.600. The van der Waals surface area contributed by atoms with Crippen LogP contribution in [-0.2, 0) is 4.79 Å². The number of carbonyl (C=O) groups excluding carboxylic acids is 1. The van der Waals surface area contributed by atoms with E-state index in [9.17, 15) is 9.59 Å². The van der Waals surface area contributed by atoms with Crippen molar-refractivity contribution in [3.63, 3.8) is 0 Å². The van der Waals surface area contributed by atoms with Gasteiger partial charge in [0, 0.05) is 12.1 Å². The Hall–Kier alpha value is -1.26. The predicted molar refractivity (Wildman–Crippen MR) is 78.7 cm³/mol. The molecule has 3 unspecified atom stereocenters. The van der Waals surface area contributed by atoms with E-state index in [0.29, 0.717) is 6.42 Å². The van der Waals surface area contributed by atoms with Crippen LogP contribution < -0.4 is 10.6 Å². The summed E-state index contributed by atoms with van der Waals surface area (Å²) in [4.78, 5) is 22.9. The third-order valence-electron chi connectivity index (χ3n) is 4.02. The van der Waals surface area contributed by atoms with Crippen LogP contribution in [0.4, 0.5) is 4.79 Å². The van der Waals surface area contributed by atoms with Gasteiger partial charge in [0.15, 0.2) is 0 Å². The van der Waals surface area contributed by atoms with E-state index in [-0.39, 0.29) is 18.1 Å². The van der Waals surface area contributed by atoms with Crippen LogP contribution in [-0.4, -0.2) is 29.2 Å². The van der Waals surface area contributed by atoms with Gasteiger partial charge in [-0.25, -0.2) is 4.79 Å². The molecule has 2 amide bonds. The molecular formula is C15H28N2O3. The van der Waals surface area contributed by atoms with Crippen molar-refractivity contribution in [3.05, 3.63) is 0 Å². The number of nitrogens with one attached hydrogen (secondary N) is 2. The molecule has 0 bridgehead atoms. The monoisotopic (exact) mass is 284 g/mol. The Morgan fingerprint density at radius 3 is 2.65 bits per heavy atom. The highest BCUT2D eigenvalue weighted by atomic mass is 16.4. The van der Waals surface area contributed by atoms with Crippen LogP contribution in [0.1, 0.15) is 65.2 Å². The molecule has 0 aromatic heterocycles. The lowest BCUT2D eigenvalue weighted by Crippen LogP contribution is -2.47. The molecule has 0 aromatic carbocycles. The average Bonchev–Trinajstić information content (AvgIpc) is 2.82. The summed E-state index contributed by atoms with van der Waals surface area (Å²) < 4.78 is 0. The van der Waals surface area contributed by atoms with Crippen molar-refractivity contribution in [2.45, 2.75) is 77.3 Å². The standard InChI is InChI=1S/C15H28N2O3/c1-3-4-5-6-8-11(2)16-15(20)17-13-10-7-9-12(13)14(18)19/h11-13H,3-10H2,1-2H3,(H,18,19)(H2,16,17,20). The molecule has 0 radical (unpaired) electrons. The Bertz CT molecular complexity index is 320. The number of hydrogen-bond acceptors (Lipinski definition) is 2. The third-order valence-corrected chi connectivity index (χ3v) is 4.02. The SMILES string of the molecule is CCCCCCC(C)NC(=O)NC1CCCC1C(=O)O. The zero-order valence-corrected chi connectivity index (χ0v) is 12.7. The molecule has 1 aliphatic carbocycles. The number of hydrogen-bond donors (Lipinski definition) is 3. The molecule has 0 saturated heterocycles. The molecule has 1 aliphatic rings. The van der Waals surface area contributed by atoms with Gasteiger partial charge < -0.3 is 15.7 Å². The highest BCUT2D eigenvalue weighted by Crippen LogP contribution is 2.25. The van der Waals surface area contributed by atoms with Crippen molar-refractivity contribution in [1.29, 1.82) is 0 Å². The molecule has 0 aromatic rings. The molecule has 0 heterocycles. The summed E-state index contributed by atoms with van der Waals surface area (Å²) in [6.45, 7) is 4.17. The maximum Gasteiger partial charge on any atom is 0.315 e. The number of carbonyl (C=O) groups is 2. The van der Waals surface area contributed by atoms with Gasteiger partial charge in [0.25, 0.3) is 0 Å². The number of unbranched alkanes of at least 4 members (excludes halogenated alkanes) is 3. The lowest BCUT2D eigenvalue weighted by atomic mass is 10.0. The molecule has 0 spiro atoms. The third kappa shape index (κ3) is 5.80. The molecule has 5 nitrogen and oxygen atoms in total. The van der Waals surface area contributed by atoms with E-state index in [4.69, 9.17) is 5.11 Å². The second-order valence-electron chi connectivity index (χ2n) is 5.85. The molecular weight excluding hydrogens is 256 g/mol. The summed E-state index contributed by atoms with van der Waals surface area (Å²) in [5.41, 5.74) is 0. The molecule has 5 heteroatoms. The van der Waals surface area contributed by atoms with E-state index >= 15 is 0 Å². The van der Waals surface area contributed by atoms with Crippen LogP contribution in [0.3, 0.4) is 0 Å². The first-order chi connectivity index (χ1) is 9.54. The fraction of sp³-hybridized carbons (Fsp3) is 0.867. The summed E-state index contributed by atoms with van der Waals surface area (Å²) in [6, 6.07) is -0.317. The average molecular weight is 284 g/mol. The van der Waals surface area contributed by atoms with Gasteiger partial charge in [-0.1, -0.05) is 39.0 Å². The van der Waals surface area contributed by atoms with Gasteiger partial charge >= 0.3 is 12.0 Å². The fourth-order valence-electron chi connectivity index (χ4n) is 2.81. The molecule has 3 atom stereocenters. The summed E-state index contributed by atoms with van der Waals surface area (Å²) in [5, 5.41) is 14.8. The Morgan fingerprint density at radius 1 is 1.25 bits per heavy atom. The maximum absolute atomic E-state index is 11.9. The normalized spacial score (nSPS) is 23.3. The van der Waals surface area contributed by atoms with E-state index in [0.717, 1.165) is 25.7 Å². The Morgan fingerprint density at radius 2 is 2.00 bits per heavy atom. The summed E-state index contributed by atoms with van der Waals surface area (Å²) >= 11 is 0. The second-order valence-corrected chi connectivity index (χ2v) is 5.85. The lowest BCUT2D eigenvalue weighted by molar-refractivity contribution is -0.142. The number of urea groups is 1. The van der Waals surface area contributed by atoms with Gasteiger partial charge in [-0.3, -0.25) is 4.79 Å². The van der Waals surface area contributed by atoms with E-state index in [2.05, 4.69) is 17.6 Å². The smallest absolute Gasteiger partial charge is 0.315 e. The maximum atomic E-state index is 11.9. The van der Waals surface area contributed by atoms with E-state index in [1.165, 1.54) is 19.3 Å². The summed E-state index contributed by atoms with van der Waals surface area (Å²) in [7, 11) is 0. The van der Waals surface area contributed by atoms with Gasteiger partial charge in [-0.15, -0.1) is 0 Å². The Kier molecular flexibility index (Phi) is 7.41. The minimum atomic E-state index is -0.805. The van der Waals surface area contributed by atoms with Crippen molar-refractivity contribution in [2.75, 3.05) is 0 Å². The first-order valence-corrected chi connectivity index (χ1v) is 7.84. The van der Waals surface area contributed by atoms with Crippen molar-refractivity contribution in [3.8, 4) is 0 Å². The molecule has 3 N–H and O–H groups in total. The fourth-order valence-corrected chi connectivity index (χ4v) is 2.81. The minimum Gasteiger partial charge on any atom is -0.481 e. The first-order valence-electron chi connectivity index (χ1n) is 7.84. The number of amides is 2. The van der Waals surface area contributed by atoms with Gasteiger partial charge in [0.1, 0.15) is 0 Å². The van der Waals surface area contributed by atoms with Crippen molar-refractivity contribution in [2.24, 2.45) is 5.92 Å². The van der Waals surface area contributed by atoms with Crippen LogP contribution in [0.2, 0.25) is 0 Å². The number of carboxylic acid groups (broad SMARTS) is 1. The van der Waals surface area contributed by atoms with Gasteiger partial charge in [0.05, 0.1) is 5.92 Å². The van der Waals surface area contributed by atoms with Gasteiger partial charge in [-0.2, -0.15) is 0 Å². The molecule has 1 rings (SSSR count). The molecule has 1 fully saturated rings. The summed E-state index contributed by atoms with van der Waals surface area (Å²) in [5.74, 6) is -1.24. The Labute approximate surface area is 121 Å². The highest BCUT2D eigenvalue weighted by molar-refractivity contribution is 5.77. The van der Waals surface area contributed by atoms with Crippen LogP contribution >= 0.6 is 0 Å². The Balaban J connectivity index is 2.23. The number of carboxylic acids is 1. The number of aliphatic carboxylic acids is 1. The molecule has 0 aliphatic heterocycles. The first kappa shape index (κ1) is 16.8. The van der Waals surface area contributed by atoms with Crippen molar-refractivity contribution < 1.29 is 14.7 Å². The zero-order valence-electron chi connectivity index (χ0n) is 12.7. The molecule has 116 valence electrons. The number of rotatable bonds is 8.